The first-order valence-corrected chi connectivity index (χ1v) is 15.8. The molecule has 0 unspecified atom stereocenters. The summed E-state index contributed by atoms with van der Waals surface area (Å²) < 4.78 is 1.89. The van der Waals surface area contributed by atoms with Crippen LogP contribution in [0.15, 0.2) is 31.1 Å². The molecule has 8 rings (SSSR count). The van der Waals surface area contributed by atoms with Gasteiger partial charge in [0.2, 0.25) is 11.9 Å². The van der Waals surface area contributed by atoms with Crippen LogP contribution in [0.25, 0.3) is 22.3 Å². The molecule has 0 radical (unpaired) electrons. The van der Waals surface area contributed by atoms with Gasteiger partial charge in [0.1, 0.15) is 11.0 Å². The predicted octanol–water partition coefficient (Wildman–Crippen LogP) is 7.33. The Morgan fingerprint density at radius 2 is 1.29 bits per heavy atom. The summed E-state index contributed by atoms with van der Waals surface area (Å²) in [4.78, 5) is 32.8. The molecule has 49 heavy (non-hydrogen) atoms. The highest BCUT2D eigenvalue weighted by atomic mass is 15.3. The van der Waals surface area contributed by atoms with Gasteiger partial charge in [0.15, 0.2) is 28.7 Å². The van der Waals surface area contributed by atoms with E-state index in [1.54, 1.807) is 18.9 Å². The molecule has 0 aliphatic heterocycles. The normalized spacial score (nSPS) is 14.9. The number of H-pyrrole nitrogens is 3. The van der Waals surface area contributed by atoms with Crippen LogP contribution in [0.5, 0.6) is 0 Å². The van der Waals surface area contributed by atoms with E-state index in [4.69, 9.17) is 0 Å². The van der Waals surface area contributed by atoms with Crippen LogP contribution >= 0.6 is 0 Å². The fraction of sp³-hybridized carbons (Fsp3) is 0.515. The van der Waals surface area contributed by atoms with Gasteiger partial charge in [-0.1, -0.05) is 22.3 Å². The van der Waals surface area contributed by atoms with Crippen molar-refractivity contribution in [1.29, 1.82) is 0 Å². The Hall–Kier alpha value is -5.28. The van der Waals surface area contributed by atoms with E-state index < -0.39 is 0 Å². The van der Waals surface area contributed by atoms with Crippen LogP contribution < -0.4 is 21.3 Å². The third kappa shape index (κ3) is 8.61. The number of hydrogen-bond donors (Lipinski definition) is 7. The lowest BCUT2D eigenvalue weighted by molar-refractivity contribution is 0.532. The van der Waals surface area contributed by atoms with Gasteiger partial charge < -0.3 is 31.2 Å². The van der Waals surface area contributed by atoms with E-state index >= 15 is 0 Å². The molecule has 0 amide bonds. The maximum absolute atomic E-state index is 4.63. The lowest BCUT2D eigenvalue weighted by atomic mass is 10.2. The monoisotopic (exact) mass is 672 g/mol. The lowest BCUT2D eigenvalue weighted by Gasteiger charge is -2.14. The molecule has 0 bridgehead atoms. The molecular formula is C33H52N16. The van der Waals surface area contributed by atoms with E-state index in [2.05, 4.69) is 104 Å². The van der Waals surface area contributed by atoms with Crippen LogP contribution in [0.1, 0.15) is 87.4 Å². The van der Waals surface area contributed by atoms with Crippen molar-refractivity contribution in [3.8, 4) is 0 Å². The second-order valence-electron chi connectivity index (χ2n) is 12.5. The first kappa shape index (κ1) is 36.6. The second-order valence-corrected chi connectivity index (χ2v) is 12.5. The van der Waals surface area contributed by atoms with E-state index in [1.807, 2.05) is 23.9 Å². The summed E-state index contributed by atoms with van der Waals surface area (Å²) in [5, 5.41) is 24.7. The minimum absolute atomic E-state index is 0. The van der Waals surface area contributed by atoms with E-state index in [0.717, 1.165) is 45.9 Å². The number of aromatic nitrogens is 12. The fourth-order valence-corrected chi connectivity index (χ4v) is 5.26. The van der Waals surface area contributed by atoms with Crippen molar-refractivity contribution < 1.29 is 0 Å². The van der Waals surface area contributed by atoms with Crippen LogP contribution in [0.2, 0.25) is 0 Å². The highest BCUT2D eigenvalue weighted by molar-refractivity contribution is 5.85. The van der Waals surface area contributed by atoms with E-state index in [9.17, 15) is 0 Å². The number of nitrogens with zero attached hydrogens (tertiary/aromatic N) is 9. The van der Waals surface area contributed by atoms with Gasteiger partial charge in [-0.25, -0.2) is 9.97 Å². The molecule has 264 valence electrons. The van der Waals surface area contributed by atoms with Crippen molar-refractivity contribution in [3.63, 3.8) is 0 Å². The number of nitrogens with one attached hydrogen (secondary N) is 7. The first-order chi connectivity index (χ1) is 22.3. The average Bonchev–Trinajstić information content (AvgIpc) is 3.84. The zero-order valence-corrected chi connectivity index (χ0v) is 26.6. The molecule has 2 aliphatic carbocycles. The Labute approximate surface area is 287 Å². The molecule has 7 N–H and O–H groups in total. The van der Waals surface area contributed by atoms with Crippen molar-refractivity contribution in [2.45, 2.75) is 101 Å². The molecule has 2 aliphatic rings. The van der Waals surface area contributed by atoms with Crippen molar-refractivity contribution in [3.05, 3.63) is 36.8 Å². The summed E-state index contributed by atoms with van der Waals surface area (Å²) in [6.45, 7) is 10.5. The van der Waals surface area contributed by atoms with E-state index in [1.165, 1.54) is 25.7 Å². The molecule has 16 nitrogen and oxygen atoms in total. The van der Waals surface area contributed by atoms with Crippen molar-refractivity contribution in [1.82, 2.24) is 59.8 Å². The standard InChI is InChI=1S/C16H22N8.C14H18N8.3CH4/c1-9(2)24-7-12(6-19-24)21-16-22-14-13(17-8-18-14)15(23-16)20-10(3)11-4-5-11;1-7-5-10(22-21-7)18-14-19-12-11(15-6-16-12)13(20-14)17-8(2)9-3-4-9;;;/h6-11H,4-5H2,1-3H3,(H3,17,18,20,21,22,23);5-6,8-9H,3-4H2,1-2H3,(H4,15,16,17,18,19,20,21,22);3*1H4/t10-;8-;;;/m00.../s1. The van der Waals surface area contributed by atoms with E-state index in [0.29, 0.717) is 47.1 Å². The first-order valence-electron chi connectivity index (χ1n) is 15.8. The number of imidazole rings is 2. The fourth-order valence-electron chi connectivity index (χ4n) is 5.26. The number of aromatic amines is 3. The molecule has 2 saturated carbocycles. The zero-order valence-electron chi connectivity index (χ0n) is 26.6. The highest BCUT2D eigenvalue weighted by Crippen LogP contribution is 2.35. The third-order valence-electron chi connectivity index (χ3n) is 8.29. The number of aryl methyl sites for hydroxylation is 1. The molecule has 0 aromatic carbocycles. The summed E-state index contributed by atoms with van der Waals surface area (Å²) in [6, 6.07) is 3.00. The topological polar surface area (TPSA) is 204 Å². The predicted molar refractivity (Wildman–Crippen MR) is 198 cm³/mol. The number of anilines is 6. The minimum atomic E-state index is 0. The number of hydrogen-bond acceptors (Lipinski definition) is 12. The molecule has 6 heterocycles. The largest absolute Gasteiger partial charge is 0.365 e. The Balaban J connectivity index is 0.000000209. The van der Waals surface area contributed by atoms with Gasteiger partial charge in [-0.05, 0) is 72.1 Å². The molecule has 2 fully saturated rings. The average molecular weight is 673 g/mol. The molecule has 16 heteroatoms. The summed E-state index contributed by atoms with van der Waals surface area (Å²) in [5.41, 5.74) is 4.79. The minimum Gasteiger partial charge on any atom is -0.365 e. The maximum Gasteiger partial charge on any atom is 0.232 e. The Morgan fingerprint density at radius 3 is 1.73 bits per heavy atom. The van der Waals surface area contributed by atoms with Gasteiger partial charge in [-0.2, -0.15) is 30.1 Å². The van der Waals surface area contributed by atoms with Crippen LogP contribution in [-0.2, 0) is 0 Å². The van der Waals surface area contributed by atoms with Crippen molar-refractivity contribution >= 4 is 57.4 Å². The second kappa shape index (κ2) is 15.3. The molecule has 6 aromatic rings. The van der Waals surface area contributed by atoms with Gasteiger partial charge >= 0.3 is 0 Å². The Morgan fingerprint density at radius 1 is 0.755 bits per heavy atom. The highest BCUT2D eigenvalue weighted by Gasteiger charge is 2.29. The van der Waals surface area contributed by atoms with Gasteiger partial charge in [0.05, 0.1) is 24.5 Å². The van der Waals surface area contributed by atoms with Crippen molar-refractivity contribution in [2.75, 3.05) is 21.3 Å². The van der Waals surface area contributed by atoms with Gasteiger partial charge in [-0.15, -0.1) is 0 Å². The van der Waals surface area contributed by atoms with E-state index in [-0.39, 0.29) is 22.3 Å². The quantitative estimate of drug-likeness (QED) is 0.0723. The zero-order chi connectivity index (χ0) is 31.8. The molecule has 6 aromatic heterocycles. The SMILES string of the molecule is C.C.C.CC(C)n1cc(Nc2nc(N[C@@H](C)C3CC3)c3[nH]cnc3n2)cn1.Cc1cc(Nc2nc(N[C@@H](C)C3CC3)c3[nH]cnc3n2)n[nH]1. The third-order valence-corrected chi connectivity index (χ3v) is 8.29. The smallest absolute Gasteiger partial charge is 0.232 e. The molecule has 2 atom stereocenters. The lowest BCUT2D eigenvalue weighted by Crippen LogP contribution is -2.19. The van der Waals surface area contributed by atoms with Crippen LogP contribution in [-0.4, -0.2) is 71.9 Å². The van der Waals surface area contributed by atoms with Gasteiger partial charge in [0.25, 0.3) is 0 Å². The summed E-state index contributed by atoms with van der Waals surface area (Å²) in [6.07, 6.45) is 12.1. The van der Waals surface area contributed by atoms with Crippen molar-refractivity contribution in [2.24, 2.45) is 11.8 Å². The summed E-state index contributed by atoms with van der Waals surface area (Å²) in [7, 11) is 0. The van der Waals surface area contributed by atoms with Crippen LogP contribution in [0, 0.1) is 18.8 Å². The number of fused-ring (bicyclic) bond motifs is 2. The van der Waals surface area contributed by atoms with Gasteiger partial charge in [-0.3, -0.25) is 9.78 Å². The maximum atomic E-state index is 4.63. The van der Waals surface area contributed by atoms with Crippen LogP contribution in [0.3, 0.4) is 0 Å². The molecule has 0 saturated heterocycles. The Bertz CT molecular complexity index is 1930. The summed E-state index contributed by atoms with van der Waals surface area (Å²) >= 11 is 0. The Kier molecular flexibility index (Phi) is 11.4. The number of rotatable bonds is 11. The summed E-state index contributed by atoms with van der Waals surface area (Å²) in [5.74, 6) is 4.72. The molecule has 0 spiro atoms. The van der Waals surface area contributed by atoms with Crippen LogP contribution in [0.4, 0.5) is 35.0 Å². The van der Waals surface area contributed by atoms with Gasteiger partial charge in [0, 0.05) is 36.1 Å². The molecular weight excluding hydrogens is 620 g/mol.